The Morgan fingerprint density at radius 2 is 1.96 bits per heavy atom. The summed E-state index contributed by atoms with van der Waals surface area (Å²) in [5, 5.41) is 0.216. The van der Waals surface area contributed by atoms with Crippen LogP contribution in [0, 0.1) is 0 Å². The lowest BCUT2D eigenvalue weighted by molar-refractivity contribution is 0.0714. The minimum Gasteiger partial charge on any atom is -0.493 e. The van der Waals surface area contributed by atoms with Gasteiger partial charge in [-0.3, -0.25) is 4.79 Å². The van der Waals surface area contributed by atoms with Gasteiger partial charge >= 0.3 is 0 Å². The molecule has 9 heteroatoms. The van der Waals surface area contributed by atoms with Gasteiger partial charge in [-0.15, -0.1) is 0 Å². The van der Waals surface area contributed by atoms with Crippen LogP contribution in [0.3, 0.4) is 0 Å². The van der Waals surface area contributed by atoms with E-state index in [-0.39, 0.29) is 66.1 Å². The van der Waals surface area contributed by atoms with Gasteiger partial charge in [-0.2, -0.15) is 4.98 Å². The first-order chi connectivity index (χ1) is 17.1. The summed E-state index contributed by atoms with van der Waals surface area (Å²) in [4.78, 5) is 24.5. The standard InChI is InChI=1S/C19H21N5O4/c1-26-15-10-12-13(11-16(15)27-2)21-19(22-17(12)20)24-7-5-23(6-8-24)18(25)14-4-3-9-28-14/h3-4,9-11H,5-8H2,1-2H3,(H2,20,21,22)/i1D3,2D3,3D,4D,9D. The van der Waals surface area contributed by atoms with E-state index in [1.165, 1.54) is 17.0 Å². The molecule has 146 valence electrons. The lowest BCUT2D eigenvalue weighted by Crippen LogP contribution is -2.49. The van der Waals surface area contributed by atoms with E-state index in [4.69, 9.17) is 32.0 Å². The molecule has 1 aromatic carbocycles. The first-order valence-corrected chi connectivity index (χ1v) is 8.23. The van der Waals surface area contributed by atoms with Gasteiger partial charge in [-0.05, 0) is 18.2 Å². The quantitative estimate of drug-likeness (QED) is 0.716. The Morgan fingerprint density at radius 3 is 2.64 bits per heavy atom. The van der Waals surface area contributed by atoms with Crippen molar-refractivity contribution in [2.24, 2.45) is 0 Å². The molecule has 1 aliphatic rings. The van der Waals surface area contributed by atoms with Crippen molar-refractivity contribution in [3.8, 4) is 11.5 Å². The van der Waals surface area contributed by atoms with Gasteiger partial charge in [-0.1, -0.05) is 0 Å². The molecule has 1 aliphatic heterocycles. The van der Waals surface area contributed by atoms with Crippen molar-refractivity contribution in [2.75, 3.05) is 50.9 Å². The molecule has 0 atom stereocenters. The average Bonchev–Trinajstić information content (AvgIpc) is 3.05. The number of nitrogen functional groups attached to an aromatic ring is 1. The van der Waals surface area contributed by atoms with Gasteiger partial charge in [0.15, 0.2) is 17.3 Å². The van der Waals surface area contributed by atoms with Gasteiger partial charge in [0, 0.05) is 37.6 Å². The van der Waals surface area contributed by atoms with Gasteiger partial charge < -0.3 is 29.4 Å². The van der Waals surface area contributed by atoms with Crippen molar-refractivity contribution in [3.63, 3.8) is 0 Å². The second-order valence-corrected chi connectivity index (χ2v) is 5.99. The number of anilines is 2. The van der Waals surface area contributed by atoms with Crippen LogP contribution in [-0.4, -0.2) is 61.0 Å². The predicted molar refractivity (Wildman–Crippen MR) is 104 cm³/mol. The van der Waals surface area contributed by atoms with E-state index in [0.29, 0.717) is 0 Å². The number of furan rings is 1. The van der Waals surface area contributed by atoms with Gasteiger partial charge in [0.25, 0.3) is 5.91 Å². The number of nitrogens with zero attached hydrogens (tertiary/aromatic N) is 4. The number of hydrogen-bond donors (Lipinski definition) is 1. The highest BCUT2D eigenvalue weighted by Gasteiger charge is 2.25. The summed E-state index contributed by atoms with van der Waals surface area (Å²) in [7, 11) is -5.77. The number of ether oxygens (including phenoxy) is 2. The number of piperazine rings is 1. The molecule has 2 N–H and O–H groups in total. The Morgan fingerprint density at radius 1 is 1.21 bits per heavy atom. The van der Waals surface area contributed by atoms with E-state index in [1.807, 2.05) is 0 Å². The van der Waals surface area contributed by atoms with E-state index in [1.54, 1.807) is 4.90 Å². The van der Waals surface area contributed by atoms with Crippen molar-refractivity contribution in [3.05, 3.63) is 36.2 Å². The average molecular weight is 392 g/mol. The van der Waals surface area contributed by atoms with Crippen molar-refractivity contribution in [1.29, 1.82) is 0 Å². The number of carbonyl (C=O) groups is 1. The first-order valence-electron chi connectivity index (χ1n) is 12.7. The van der Waals surface area contributed by atoms with Crippen LogP contribution < -0.4 is 20.1 Å². The number of benzene rings is 1. The minimum atomic E-state index is -2.89. The Labute approximate surface area is 174 Å². The molecule has 0 bridgehead atoms. The predicted octanol–water partition coefficient (Wildman–Crippen LogP) is 1.78. The first kappa shape index (κ1) is 10.2. The molecule has 4 rings (SSSR count). The maximum absolute atomic E-state index is 12.7. The zero-order valence-corrected chi connectivity index (χ0v) is 14.5. The van der Waals surface area contributed by atoms with Gasteiger partial charge in [0.1, 0.15) is 7.19 Å². The second kappa shape index (κ2) is 7.26. The molecule has 0 unspecified atom stereocenters. The lowest BCUT2D eigenvalue weighted by atomic mass is 10.2. The summed E-state index contributed by atoms with van der Waals surface area (Å²) in [6.45, 7) is 0.926. The van der Waals surface area contributed by atoms with Crippen LogP contribution in [0.15, 0.2) is 34.9 Å². The molecule has 1 saturated heterocycles. The van der Waals surface area contributed by atoms with Crippen LogP contribution in [0.1, 0.15) is 22.9 Å². The Kier molecular flexibility index (Phi) is 2.63. The number of methoxy groups -OCH3 is 2. The molecule has 0 aliphatic carbocycles. The summed E-state index contributed by atoms with van der Waals surface area (Å²) in [5.41, 5.74) is 6.28. The van der Waals surface area contributed by atoms with E-state index in [9.17, 15) is 4.79 Å². The third-order valence-electron chi connectivity index (χ3n) is 4.42. The number of aromatic nitrogens is 2. The van der Waals surface area contributed by atoms with E-state index in [0.717, 1.165) is 0 Å². The fourth-order valence-corrected chi connectivity index (χ4v) is 2.98. The van der Waals surface area contributed by atoms with Crippen molar-refractivity contribution < 1.29 is 31.0 Å². The second-order valence-electron chi connectivity index (χ2n) is 5.99. The summed E-state index contributed by atoms with van der Waals surface area (Å²) < 4.78 is 81.8. The summed E-state index contributed by atoms with van der Waals surface area (Å²) in [5.74, 6) is -1.54. The van der Waals surface area contributed by atoms with Crippen LogP contribution in [0.25, 0.3) is 10.9 Å². The van der Waals surface area contributed by atoms with Crippen molar-refractivity contribution in [1.82, 2.24) is 14.9 Å². The normalized spacial score (nSPS) is 19.9. The highest BCUT2D eigenvalue weighted by Crippen LogP contribution is 2.34. The fraction of sp³-hybridized carbons (Fsp3) is 0.316. The van der Waals surface area contributed by atoms with Crippen LogP contribution in [-0.2, 0) is 0 Å². The molecule has 0 radical (unpaired) electrons. The molecule has 3 heterocycles. The van der Waals surface area contributed by atoms with E-state index in [2.05, 4.69) is 9.97 Å². The number of rotatable bonds is 4. The maximum atomic E-state index is 12.7. The fourth-order valence-electron chi connectivity index (χ4n) is 2.98. The third kappa shape index (κ3) is 3.15. The zero-order valence-electron chi connectivity index (χ0n) is 23.5. The zero-order chi connectivity index (χ0) is 27.3. The highest BCUT2D eigenvalue weighted by atomic mass is 16.5. The van der Waals surface area contributed by atoms with Crippen LogP contribution in [0.5, 0.6) is 11.5 Å². The Hall–Kier alpha value is -3.49. The Balaban J connectivity index is 1.59. The van der Waals surface area contributed by atoms with Gasteiger partial charge in [0.2, 0.25) is 5.95 Å². The van der Waals surface area contributed by atoms with Crippen LogP contribution in [0.4, 0.5) is 11.8 Å². The van der Waals surface area contributed by atoms with E-state index >= 15 is 0 Å². The lowest BCUT2D eigenvalue weighted by Gasteiger charge is -2.34. The van der Waals surface area contributed by atoms with Crippen LogP contribution >= 0.6 is 0 Å². The maximum Gasteiger partial charge on any atom is 0.289 e. The van der Waals surface area contributed by atoms with Gasteiger partial charge in [0.05, 0.1) is 36.8 Å². The molecule has 0 spiro atoms. The largest absolute Gasteiger partial charge is 0.493 e. The molecule has 1 amide bonds. The molecule has 0 saturated carbocycles. The smallest absolute Gasteiger partial charge is 0.289 e. The Bertz CT molecular complexity index is 1350. The molecular formula is C19H21N5O4. The number of nitrogens with two attached hydrogens (primary N) is 1. The SMILES string of the molecule is [2H]c1oc(C(=O)N2CCN(c3nc(N)c4cc(OC([2H])([2H])[2H])c(OC([2H])([2H])[2H])cc4n3)CC2)c([2H])c1[2H]. The minimum absolute atomic E-state index is 0.0188. The van der Waals surface area contributed by atoms with Gasteiger partial charge in [-0.25, -0.2) is 4.98 Å². The molecule has 2 aromatic heterocycles. The van der Waals surface area contributed by atoms with Crippen LogP contribution in [0.2, 0.25) is 0 Å². The molecule has 28 heavy (non-hydrogen) atoms. The number of carbonyl (C=O) groups excluding carboxylic acids is 1. The number of fused-ring (bicyclic) bond motifs is 1. The van der Waals surface area contributed by atoms with Crippen molar-refractivity contribution in [2.45, 2.75) is 0 Å². The molecule has 9 nitrogen and oxygen atoms in total. The topological polar surface area (TPSA) is 107 Å². The number of hydrogen-bond acceptors (Lipinski definition) is 8. The molecule has 3 aromatic rings. The molecular weight excluding hydrogens is 362 g/mol. The highest BCUT2D eigenvalue weighted by molar-refractivity contribution is 5.92. The summed E-state index contributed by atoms with van der Waals surface area (Å²) in [6, 6.07) is 1.49. The monoisotopic (exact) mass is 392 g/mol. The summed E-state index contributed by atoms with van der Waals surface area (Å²) >= 11 is 0. The van der Waals surface area contributed by atoms with Crippen molar-refractivity contribution >= 4 is 28.6 Å². The third-order valence-corrected chi connectivity index (χ3v) is 4.42. The summed E-state index contributed by atoms with van der Waals surface area (Å²) in [6.07, 6.45) is -0.554. The van der Waals surface area contributed by atoms with E-state index < -0.39 is 38.3 Å². The number of amides is 1. The molecule has 1 fully saturated rings.